The number of benzene rings is 1. The third-order valence-electron chi connectivity index (χ3n) is 3.30. The summed E-state index contributed by atoms with van der Waals surface area (Å²) in [6, 6.07) is 8.59. The van der Waals surface area contributed by atoms with Gasteiger partial charge in [0.25, 0.3) is 0 Å². The average Bonchev–Trinajstić information content (AvgIpc) is 3.07. The fraction of sp³-hybridized carbons (Fsp3) is 0.438. The number of nitrogens with one attached hydrogen (secondary N) is 2. The van der Waals surface area contributed by atoms with Gasteiger partial charge in [-0.15, -0.1) is 5.10 Å². The van der Waals surface area contributed by atoms with Crippen molar-refractivity contribution in [1.82, 2.24) is 20.8 Å². The number of aromatic nitrogens is 2. The molecule has 1 heterocycles. The summed E-state index contributed by atoms with van der Waals surface area (Å²) in [6.45, 7) is 3.03. The minimum Gasteiger partial charge on any atom is -0.413 e. The Morgan fingerprint density at radius 3 is 2.56 bits per heavy atom. The summed E-state index contributed by atoms with van der Waals surface area (Å²) in [4.78, 5) is 11.4. The first kappa shape index (κ1) is 18.9. The number of carbonyl (C=O) groups excluding carboxylic acids is 1. The lowest BCUT2D eigenvalue weighted by Crippen LogP contribution is -2.36. The zero-order valence-electron chi connectivity index (χ0n) is 14.1. The molecule has 0 aliphatic rings. The normalized spacial score (nSPS) is 11.2. The van der Waals surface area contributed by atoms with Gasteiger partial charge in [0.15, 0.2) is 0 Å². The van der Waals surface area contributed by atoms with Crippen molar-refractivity contribution in [3.05, 3.63) is 41.8 Å². The zero-order valence-corrected chi connectivity index (χ0v) is 14.9. The van der Waals surface area contributed by atoms with Crippen LogP contribution in [0.25, 0.3) is 0 Å². The van der Waals surface area contributed by atoms with E-state index in [1.165, 1.54) is 0 Å². The highest BCUT2D eigenvalue weighted by Gasteiger charge is 2.22. The number of urea groups is 1. The number of hydrogen-bond acceptors (Lipinski definition) is 6. The van der Waals surface area contributed by atoms with Crippen molar-refractivity contribution in [1.29, 1.82) is 0 Å². The Morgan fingerprint density at radius 1 is 1.12 bits per heavy atom. The second-order valence-electron chi connectivity index (χ2n) is 5.49. The summed E-state index contributed by atoms with van der Waals surface area (Å²) in [7, 11) is -3.67. The van der Waals surface area contributed by atoms with Gasteiger partial charge in [0, 0.05) is 19.5 Å². The van der Waals surface area contributed by atoms with Gasteiger partial charge in [0.2, 0.25) is 15.7 Å². The smallest absolute Gasteiger partial charge is 0.335 e. The van der Waals surface area contributed by atoms with Crippen molar-refractivity contribution in [3.63, 3.8) is 0 Å². The standard InChI is InChI=1S/C16H22N4O4S/c1-2-10-17-15(21)18-11-6-9-14-19-20-16(24-14)25(22,23)12-13-7-4-3-5-8-13/h3-5,7-8H,2,6,9-12H2,1H3,(H2,17,18,21). The highest BCUT2D eigenvalue weighted by Crippen LogP contribution is 2.15. The van der Waals surface area contributed by atoms with E-state index >= 15 is 0 Å². The molecule has 136 valence electrons. The highest BCUT2D eigenvalue weighted by atomic mass is 32.2. The number of aryl methyl sites for hydroxylation is 1. The van der Waals surface area contributed by atoms with Gasteiger partial charge in [0.1, 0.15) is 0 Å². The number of carbonyl (C=O) groups is 1. The van der Waals surface area contributed by atoms with Crippen LogP contribution in [0.3, 0.4) is 0 Å². The largest absolute Gasteiger partial charge is 0.413 e. The van der Waals surface area contributed by atoms with Crippen LogP contribution in [0.4, 0.5) is 4.79 Å². The Morgan fingerprint density at radius 2 is 1.84 bits per heavy atom. The molecule has 0 radical (unpaired) electrons. The molecule has 0 atom stereocenters. The number of hydrogen-bond donors (Lipinski definition) is 2. The minimum atomic E-state index is -3.67. The molecule has 0 fully saturated rings. The van der Waals surface area contributed by atoms with E-state index in [0.29, 0.717) is 31.5 Å². The molecule has 25 heavy (non-hydrogen) atoms. The van der Waals surface area contributed by atoms with Crippen LogP contribution in [0.5, 0.6) is 0 Å². The third-order valence-corrected chi connectivity index (χ3v) is 4.71. The molecule has 2 N–H and O–H groups in total. The van der Waals surface area contributed by atoms with Crippen LogP contribution in [-0.2, 0) is 22.0 Å². The van der Waals surface area contributed by atoms with Crippen molar-refractivity contribution in [2.45, 2.75) is 37.2 Å². The molecule has 2 aromatic rings. The van der Waals surface area contributed by atoms with Gasteiger partial charge >= 0.3 is 11.3 Å². The van der Waals surface area contributed by atoms with Crippen LogP contribution in [0.1, 0.15) is 31.2 Å². The van der Waals surface area contributed by atoms with E-state index in [9.17, 15) is 13.2 Å². The summed E-state index contributed by atoms with van der Waals surface area (Å²) < 4.78 is 29.8. The van der Waals surface area contributed by atoms with E-state index in [0.717, 1.165) is 6.42 Å². The first-order valence-electron chi connectivity index (χ1n) is 8.12. The number of sulfone groups is 1. The Kier molecular flexibility index (Phi) is 6.93. The molecule has 0 saturated heterocycles. The monoisotopic (exact) mass is 366 g/mol. The van der Waals surface area contributed by atoms with E-state index < -0.39 is 9.84 Å². The van der Waals surface area contributed by atoms with E-state index in [4.69, 9.17) is 4.42 Å². The van der Waals surface area contributed by atoms with Gasteiger partial charge in [-0.3, -0.25) is 0 Å². The van der Waals surface area contributed by atoms with Crippen molar-refractivity contribution in [2.75, 3.05) is 13.1 Å². The van der Waals surface area contributed by atoms with Crippen LogP contribution in [0.2, 0.25) is 0 Å². The van der Waals surface area contributed by atoms with Crippen molar-refractivity contribution in [2.24, 2.45) is 0 Å². The summed E-state index contributed by atoms with van der Waals surface area (Å²) in [5.74, 6) is 0.0525. The number of amides is 2. The molecular weight excluding hydrogens is 344 g/mol. The Hall–Kier alpha value is -2.42. The van der Waals surface area contributed by atoms with E-state index in [-0.39, 0.29) is 22.9 Å². The molecule has 1 aromatic heterocycles. The summed E-state index contributed by atoms with van der Waals surface area (Å²) in [5, 5.41) is 12.4. The van der Waals surface area contributed by atoms with E-state index in [2.05, 4.69) is 20.8 Å². The minimum absolute atomic E-state index is 0.186. The fourth-order valence-corrected chi connectivity index (χ4v) is 3.21. The van der Waals surface area contributed by atoms with Crippen LogP contribution in [0, 0.1) is 0 Å². The second kappa shape index (κ2) is 9.16. The van der Waals surface area contributed by atoms with Crippen molar-refractivity contribution >= 4 is 15.9 Å². The number of nitrogens with zero attached hydrogens (tertiary/aromatic N) is 2. The van der Waals surface area contributed by atoms with Gasteiger partial charge in [-0.1, -0.05) is 42.4 Å². The lowest BCUT2D eigenvalue weighted by atomic mass is 10.2. The Bertz CT molecular complexity index is 774. The van der Waals surface area contributed by atoms with E-state index in [1.54, 1.807) is 24.3 Å². The average molecular weight is 366 g/mol. The van der Waals surface area contributed by atoms with Gasteiger partial charge in [-0.25, -0.2) is 13.2 Å². The highest BCUT2D eigenvalue weighted by molar-refractivity contribution is 7.90. The van der Waals surface area contributed by atoms with Crippen LogP contribution < -0.4 is 10.6 Å². The molecule has 0 spiro atoms. The maximum Gasteiger partial charge on any atom is 0.335 e. The molecule has 0 saturated carbocycles. The molecule has 9 heteroatoms. The van der Waals surface area contributed by atoms with Crippen LogP contribution in [0.15, 0.2) is 40.0 Å². The molecule has 0 bridgehead atoms. The third kappa shape index (κ3) is 6.18. The Labute approximate surface area is 146 Å². The lowest BCUT2D eigenvalue weighted by molar-refractivity contribution is 0.240. The quantitative estimate of drug-likeness (QED) is 0.653. The maximum atomic E-state index is 12.3. The van der Waals surface area contributed by atoms with Gasteiger partial charge in [-0.05, 0) is 18.4 Å². The van der Waals surface area contributed by atoms with Gasteiger partial charge < -0.3 is 15.1 Å². The lowest BCUT2D eigenvalue weighted by Gasteiger charge is -2.05. The van der Waals surface area contributed by atoms with Crippen molar-refractivity contribution in [3.8, 4) is 0 Å². The Balaban J connectivity index is 1.82. The van der Waals surface area contributed by atoms with Gasteiger partial charge in [-0.2, -0.15) is 0 Å². The number of rotatable bonds is 9. The molecule has 2 rings (SSSR count). The first-order valence-corrected chi connectivity index (χ1v) is 9.77. The fourth-order valence-electron chi connectivity index (χ4n) is 2.06. The first-order chi connectivity index (χ1) is 12.0. The van der Waals surface area contributed by atoms with E-state index in [1.807, 2.05) is 13.0 Å². The second-order valence-corrected chi connectivity index (χ2v) is 7.36. The van der Waals surface area contributed by atoms with Crippen LogP contribution in [-0.4, -0.2) is 37.7 Å². The predicted molar refractivity (Wildman–Crippen MR) is 91.6 cm³/mol. The summed E-state index contributed by atoms with van der Waals surface area (Å²) >= 11 is 0. The zero-order chi connectivity index (χ0) is 18.1. The topological polar surface area (TPSA) is 114 Å². The summed E-state index contributed by atoms with van der Waals surface area (Å²) in [5.41, 5.74) is 0.657. The van der Waals surface area contributed by atoms with Gasteiger partial charge in [0.05, 0.1) is 5.75 Å². The molecule has 2 amide bonds. The van der Waals surface area contributed by atoms with Crippen LogP contribution >= 0.6 is 0 Å². The molecule has 8 nitrogen and oxygen atoms in total. The molecule has 1 aromatic carbocycles. The molecule has 0 aliphatic carbocycles. The molecule has 0 aliphatic heterocycles. The predicted octanol–water partition coefficient (Wildman–Crippen LogP) is 1.69. The molecule has 0 unspecified atom stereocenters. The summed E-state index contributed by atoms with van der Waals surface area (Å²) in [6.07, 6.45) is 1.83. The molecular formula is C16H22N4O4S. The SMILES string of the molecule is CCCNC(=O)NCCCc1nnc(S(=O)(=O)Cc2ccccc2)o1. The maximum absolute atomic E-state index is 12.3. The van der Waals surface area contributed by atoms with Crippen molar-refractivity contribution < 1.29 is 17.6 Å².